The van der Waals surface area contributed by atoms with E-state index in [2.05, 4.69) is 17.0 Å². The Morgan fingerprint density at radius 2 is 1.76 bits per heavy atom. The van der Waals surface area contributed by atoms with Crippen LogP contribution in [-0.2, 0) is 15.9 Å². The van der Waals surface area contributed by atoms with Crippen LogP contribution in [0.4, 0.5) is 0 Å². The Hall–Kier alpha value is -1.10. The summed E-state index contributed by atoms with van der Waals surface area (Å²) in [6.07, 6.45) is 3.54. The largest absolute Gasteiger partial charge is 0.497 e. The molecule has 0 spiro atoms. The lowest BCUT2D eigenvalue weighted by Gasteiger charge is -2.33. The third-order valence-electron chi connectivity index (χ3n) is 4.54. The van der Waals surface area contributed by atoms with Crippen LogP contribution in [0.2, 0.25) is 0 Å². The van der Waals surface area contributed by atoms with Crippen LogP contribution in [0.3, 0.4) is 0 Å². The Morgan fingerprint density at radius 3 is 2.38 bits per heavy atom. The minimum atomic E-state index is 0.0636. The topological polar surface area (TPSA) is 30.9 Å². The van der Waals surface area contributed by atoms with Gasteiger partial charge >= 0.3 is 0 Å². The number of likely N-dealkylation sites (tertiary alicyclic amines) is 1. The van der Waals surface area contributed by atoms with Gasteiger partial charge in [0.25, 0.3) is 0 Å². The van der Waals surface area contributed by atoms with E-state index < -0.39 is 0 Å². The fraction of sp³-hybridized carbons (Fsp3) is 0.647. The molecule has 0 radical (unpaired) electrons. The molecule has 1 aromatic rings. The maximum atomic E-state index is 5.63. The van der Waals surface area contributed by atoms with Gasteiger partial charge in [-0.25, -0.2) is 0 Å². The van der Waals surface area contributed by atoms with Gasteiger partial charge in [-0.2, -0.15) is 0 Å². The van der Waals surface area contributed by atoms with Gasteiger partial charge in [-0.05, 0) is 50.0 Å². The Bertz CT molecular complexity index is 420. The van der Waals surface area contributed by atoms with Crippen molar-refractivity contribution < 1.29 is 14.2 Å². The summed E-state index contributed by atoms with van der Waals surface area (Å²) in [4.78, 5) is 2.55. The summed E-state index contributed by atoms with van der Waals surface area (Å²) in [5.74, 6) is 1.51. The van der Waals surface area contributed by atoms with Gasteiger partial charge in [-0.1, -0.05) is 12.1 Å². The van der Waals surface area contributed by atoms with Crippen LogP contribution in [0.5, 0.6) is 5.75 Å². The Labute approximate surface area is 127 Å². The van der Waals surface area contributed by atoms with Gasteiger partial charge in [0.15, 0.2) is 6.29 Å². The van der Waals surface area contributed by atoms with Crippen LogP contribution in [0.15, 0.2) is 24.3 Å². The highest BCUT2D eigenvalue weighted by Gasteiger charge is 2.30. The molecule has 0 saturated carbocycles. The average molecular weight is 291 g/mol. The zero-order valence-corrected chi connectivity index (χ0v) is 12.8. The molecular formula is C17H25NO3. The predicted octanol–water partition coefficient (Wildman–Crippen LogP) is 2.32. The number of hydrogen-bond acceptors (Lipinski definition) is 4. The van der Waals surface area contributed by atoms with Crippen molar-refractivity contribution in [2.45, 2.75) is 25.6 Å². The highest BCUT2D eigenvalue weighted by Crippen LogP contribution is 2.25. The quantitative estimate of drug-likeness (QED) is 0.833. The summed E-state index contributed by atoms with van der Waals surface area (Å²) >= 11 is 0. The summed E-state index contributed by atoms with van der Waals surface area (Å²) in [7, 11) is 1.71. The molecule has 2 aliphatic rings. The number of rotatable bonds is 5. The lowest BCUT2D eigenvalue weighted by Crippen LogP contribution is -2.39. The van der Waals surface area contributed by atoms with Gasteiger partial charge in [0, 0.05) is 12.5 Å². The van der Waals surface area contributed by atoms with Crippen molar-refractivity contribution in [3.05, 3.63) is 29.8 Å². The van der Waals surface area contributed by atoms with Crippen molar-refractivity contribution in [3.63, 3.8) is 0 Å². The number of piperidine rings is 1. The van der Waals surface area contributed by atoms with Crippen LogP contribution >= 0.6 is 0 Å². The first-order chi connectivity index (χ1) is 10.3. The molecule has 4 heteroatoms. The van der Waals surface area contributed by atoms with Crippen LogP contribution < -0.4 is 4.74 Å². The molecule has 0 bridgehead atoms. The molecule has 2 fully saturated rings. The molecule has 0 unspecified atom stereocenters. The van der Waals surface area contributed by atoms with E-state index in [0.29, 0.717) is 5.92 Å². The smallest absolute Gasteiger partial charge is 0.160 e. The van der Waals surface area contributed by atoms with Gasteiger partial charge in [-0.15, -0.1) is 0 Å². The summed E-state index contributed by atoms with van der Waals surface area (Å²) in [5, 5.41) is 0. The average Bonchev–Trinajstić information content (AvgIpc) is 3.08. The first kappa shape index (κ1) is 14.8. The van der Waals surface area contributed by atoms with Crippen molar-refractivity contribution in [1.82, 2.24) is 4.90 Å². The van der Waals surface area contributed by atoms with Crippen molar-refractivity contribution in [2.75, 3.05) is 40.0 Å². The first-order valence-electron chi connectivity index (χ1n) is 7.93. The predicted molar refractivity (Wildman–Crippen MR) is 81.6 cm³/mol. The van der Waals surface area contributed by atoms with Crippen molar-refractivity contribution in [2.24, 2.45) is 5.92 Å². The summed E-state index contributed by atoms with van der Waals surface area (Å²) in [6, 6.07) is 8.39. The summed E-state index contributed by atoms with van der Waals surface area (Å²) in [5.41, 5.74) is 1.38. The molecule has 0 atom stereocenters. The highest BCUT2D eigenvalue weighted by molar-refractivity contribution is 5.27. The first-order valence-corrected chi connectivity index (χ1v) is 7.93. The zero-order valence-electron chi connectivity index (χ0n) is 12.8. The Balaban J connectivity index is 1.40. The van der Waals surface area contributed by atoms with E-state index in [4.69, 9.17) is 14.2 Å². The van der Waals surface area contributed by atoms with E-state index in [-0.39, 0.29) is 6.29 Å². The molecule has 116 valence electrons. The number of ether oxygens (including phenoxy) is 3. The van der Waals surface area contributed by atoms with Gasteiger partial charge in [-0.3, -0.25) is 0 Å². The van der Waals surface area contributed by atoms with Crippen molar-refractivity contribution in [3.8, 4) is 5.75 Å². The van der Waals surface area contributed by atoms with Crippen LogP contribution in [0.25, 0.3) is 0 Å². The second-order valence-electron chi connectivity index (χ2n) is 5.89. The number of nitrogens with zero attached hydrogens (tertiary/aromatic N) is 1. The fourth-order valence-electron chi connectivity index (χ4n) is 3.18. The summed E-state index contributed by atoms with van der Waals surface area (Å²) < 4.78 is 16.4. The highest BCUT2D eigenvalue weighted by atomic mass is 16.7. The molecule has 2 saturated heterocycles. The van der Waals surface area contributed by atoms with Crippen LogP contribution in [0, 0.1) is 5.92 Å². The van der Waals surface area contributed by atoms with Crippen LogP contribution in [-0.4, -0.2) is 51.1 Å². The van der Waals surface area contributed by atoms with E-state index in [1.54, 1.807) is 7.11 Å². The molecule has 2 aliphatic heterocycles. The van der Waals surface area contributed by atoms with E-state index in [1.165, 1.54) is 18.4 Å². The molecule has 2 heterocycles. The minimum absolute atomic E-state index is 0.0636. The van der Waals surface area contributed by atoms with Gasteiger partial charge < -0.3 is 19.1 Å². The molecule has 0 aliphatic carbocycles. The lowest BCUT2D eigenvalue weighted by atomic mass is 9.96. The molecule has 0 aromatic heterocycles. The number of methoxy groups -OCH3 is 1. The maximum absolute atomic E-state index is 5.63. The minimum Gasteiger partial charge on any atom is -0.497 e. The van der Waals surface area contributed by atoms with Crippen molar-refractivity contribution in [1.29, 1.82) is 0 Å². The second-order valence-corrected chi connectivity index (χ2v) is 5.89. The van der Waals surface area contributed by atoms with Crippen molar-refractivity contribution >= 4 is 0 Å². The molecule has 4 nitrogen and oxygen atoms in total. The molecule has 21 heavy (non-hydrogen) atoms. The molecule has 0 amide bonds. The maximum Gasteiger partial charge on any atom is 0.160 e. The van der Waals surface area contributed by atoms with E-state index in [9.17, 15) is 0 Å². The van der Waals surface area contributed by atoms with E-state index in [0.717, 1.165) is 45.0 Å². The fourth-order valence-corrected chi connectivity index (χ4v) is 3.18. The number of benzene rings is 1. The van der Waals surface area contributed by atoms with Gasteiger partial charge in [0.2, 0.25) is 0 Å². The Morgan fingerprint density at radius 1 is 1.10 bits per heavy atom. The van der Waals surface area contributed by atoms with Crippen LogP contribution in [0.1, 0.15) is 18.4 Å². The standard InChI is InChI=1S/C17H25NO3/c1-19-16-4-2-14(3-5-16)6-9-18-10-7-15(8-11-18)17-20-12-13-21-17/h2-5,15,17H,6-13H2,1H3. The summed E-state index contributed by atoms with van der Waals surface area (Å²) in [6.45, 7) is 4.98. The second kappa shape index (κ2) is 7.25. The molecular weight excluding hydrogens is 266 g/mol. The molecule has 3 rings (SSSR count). The van der Waals surface area contributed by atoms with E-state index >= 15 is 0 Å². The normalized spacial score (nSPS) is 21.8. The Kier molecular flexibility index (Phi) is 5.12. The number of hydrogen-bond donors (Lipinski definition) is 0. The SMILES string of the molecule is COc1ccc(CCN2CCC(C3OCCO3)CC2)cc1. The third-order valence-corrected chi connectivity index (χ3v) is 4.54. The molecule has 1 aromatic carbocycles. The third kappa shape index (κ3) is 3.96. The lowest BCUT2D eigenvalue weighted by molar-refractivity contribution is -0.0972. The van der Waals surface area contributed by atoms with Gasteiger partial charge in [0.05, 0.1) is 20.3 Å². The monoisotopic (exact) mass is 291 g/mol. The molecule has 0 N–H and O–H groups in total. The zero-order chi connectivity index (χ0) is 14.5. The van der Waals surface area contributed by atoms with E-state index in [1.807, 2.05) is 12.1 Å². The van der Waals surface area contributed by atoms with Gasteiger partial charge in [0.1, 0.15) is 5.75 Å².